The lowest BCUT2D eigenvalue weighted by Crippen LogP contribution is -1.93. The van der Waals surface area contributed by atoms with Gasteiger partial charge < -0.3 is 5.73 Å². The van der Waals surface area contributed by atoms with E-state index in [-0.39, 0.29) is 5.78 Å². The third-order valence-electron chi connectivity index (χ3n) is 3.08. The molecule has 0 atom stereocenters. The van der Waals surface area contributed by atoms with Crippen LogP contribution in [-0.4, -0.2) is 5.78 Å². The zero-order valence-corrected chi connectivity index (χ0v) is 11.7. The first kappa shape index (κ1) is 13.3. The lowest BCUT2D eigenvalue weighted by Gasteiger charge is -2.02. The van der Waals surface area contributed by atoms with Crippen LogP contribution < -0.4 is 5.73 Å². The number of hydrogen-bond donors (Lipinski definition) is 1. The Balaban J connectivity index is 2.27. The highest BCUT2D eigenvalue weighted by atomic mass is 32.1. The molecule has 0 bridgehead atoms. The van der Waals surface area contributed by atoms with Gasteiger partial charge in [0.25, 0.3) is 0 Å². The van der Waals surface area contributed by atoms with Gasteiger partial charge in [-0.15, -0.1) is 11.3 Å². The molecule has 0 saturated carbocycles. The van der Waals surface area contributed by atoms with Crippen LogP contribution in [0, 0.1) is 13.5 Å². The molecule has 1 aromatic carbocycles. The largest absolute Gasteiger partial charge is 0.399 e. The van der Waals surface area contributed by atoms with Crippen molar-refractivity contribution in [2.24, 2.45) is 0 Å². The Morgan fingerprint density at radius 3 is 2.47 bits per heavy atom. The van der Waals surface area contributed by atoms with Crippen LogP contribution in [0.1, 0.15) is 33.3 Å². The van der Waals surface area contributed by atoms with Crippen molar-refractivity contribution in [3.63, 3.8) is 0 Å². The Kier molecular flexibility index (Phi) is 3.68. The minimum Gasteiger partial charge on any atom is -0.399 e. The summed E-state index contributed by atoms with van der Waals surface area (Å²) >= 11 is 1.47. The van der Waals surface area contributed by atoms with Crippen molar-refractivity contribution in [3.05, 3.63) is 57.3 Å². The predicted molar refractivity (Wildman–Crippen MR) is 79.0 cm³/mol. The van der Waals surface area contributed by atoms with E-state index in [0.29, 0.717) is 16.3 Å². The smallest absolute Gasteiger partial charge is 0.223 e. The highest BCUT2D eigenvalue weighted by molar-refractivity contribution is 7.16. The standard InChI is InChI=1S/C15H14N2OS/c1-9-13(19-15(16)14(9)17-3)8-11-4-6-12(7-5-11)10(2)18/h4-7H,8,16H2,1-2H3. The summed E-state index contributed by atoms with van der Waals surface area (Å²) < 4.78 is 0. The van der Waals surface area contributed by atoms with Crippen molar-refractivity contribution in [1.29, 1.82) is 0 Å². The van der Waals surface area contributed by atoms with Crippen LogP contribution in [0.3, 0.4) is 0 Å². The van der Waals surface area contributed by atoms with Crippen molar-refractivity contribution < 1.29 is 4.79 Å². The Hall–Kier alpha value is -2.12. The van der Waals surface area contributed by atoms with Gasteiger partial charge in [0, 0.05) is 16.9 Å². The van der Waals surface area contributed by atoms with E-state index in [4.69, 9.17) is 12.3 Å². The molecule has 2 aromatic rings. The minimum absolute atomic E-state index is 0.0680. The molecule has 0 amide bonds. The summed E-state index contributed by atoms with van der Waals surface area (Å²) in [6, 6.07) is 7.56. The zero-order valence-electron chi connectivity index (χ0n) is 10.9. The molecule has 1 heterocycles. The third kappa shape index (κ3) is 2.67. The van der Waals surface area contributed by atoms with E-state index >= 15 is 0 Å². The average molecular weight is 270 g/mol. The van der Waals surface area contributed by atoms with Crippen molar-refractivity contribution in [2.75, 3.05) is 5.73 Å². The number of ketones is 1. The Morgan fingerprint density at radius 2 is 2.00 bits per heavy atom. The molecule has 0 saturated heterocycles. The fourth-order valence-corrected chi connectivity index (χ4v) is 2.97. The first-order valence-electron chi connectivity index (χ1n) is 5.88. The van der Waals surface area contributed by atoms with Gasteiger partial charge in [0.2, 0.25) is 5.69 Å². The molecule has 96 valence electrons. The van der Waals surface area contributed by atoms with Crippen LogP contribution in [-0.2, 0) is 6.42 Å². The first-order chi connectivity index (χ1) is 9.02. The fraction of sp³-hybridized carbons (Fsp3) is 0.200. The summed E-state index contributed by atoms with van der Waals surface area (Å²) in [5.41, 5.74) is 9.20. The second-order valence-electron chi connectivity index (χ2n) is 4.40. The molecule has 0 aliphatic carbocycles. The molecule has 0 spiro atoms. The van der Waals surface area contributed by atoms with Crippen LogP contribution in [0.4, 0.5) is 10.7 Å². The number of carbonyl (C=O) groups excluding carboxylic acids is 1. The van der Waals surface area contributed by atoms with Crippen LogP contribution in [0.5, 0.6) is 0 Å². The first-order valence-corrected chi connectivity index (χ1v) is 6.69. The molecule has 0 radical (unpaired) electrons. The van der Waals surface area contributed by atoms with E-state index in [1.165, 1.54) is 11.3 Å². The van der Waals surface area contributed by atoms with E-state index in [1.807, 2.05) is 31.2 Å². The van der Waals surface area contributed by atoms with Crippen molar-refractivity contribution in [3.8, 4) is 0 Å². The number of Topliss-reactive ketones (excluding diaryl/α,β-unsaturated/α-hetero) is 1. The van der Waals surface area contributed by atoms with Crippen molar-refractivity contribution in [2.45, 2.75) is 20.3 Å². The van der Waals surface area contributed by atoms with Gasteiger partial charge in [-0.25, -0.2) is 4.85 Å². The topological polar surface area (TPSA) is 47.5 Å². The van der Waals surface area contributed by atoms with E-state index in [2.05, 4.69) is 4.85 Å². The van der Waals surface area contributed by atoms with Gasteiger partial charge in [0.15, 0.2) is 5.78 Å². The fourth-order valence-electron chi connectivity index (χ4n) is 1.92. The van der Waals surface area contributed by atoms with Crippen molar-refractivity contribution in [1.82, 2.24) is 0 Å². The summed E-state index contributed by atoms with van der Waals surface area (Å²) in [6.07, 6.45) is 0.744. The molecule has 3 nitrogen and oxygen atoms in total. The molecule has 0 aliphatic rings. The van der Waals surface area contributed by atoms with Gasteiger partial charge in [-0.05, 0) is 25.0 Å². The second kappa shape index (κ2) is 5.25. The molecule has 0 fully saturated rings. The lowest BCUT2D eigenvalue weighted by atomic mass is 10.0. The number of thiophene rings is 1. The molecular weight excluding hydrogens is 256 g/mol. The zero-order chi connectivity index (χ0) is 14.0. The van der Waals surface area contributed by atoms with Gasteiger partial charge in [-0.3, -0.25) is 4.79 Å². The maximum atomic E-state index is 11.2. The number of nitrogens with zero attached hydrogens (tertiary/aromatic N) is 1. The number of benzene rings is 1. The van der Waals surface area contributed by atoms with Crippen LogP contribution >= 0.6 is 11.3 Å². The highest BCUT2D eigenvalue weighted by Crippen LogP contribution is 2.38. The summed E-state index contributed by atoms with van der Waals surface area (Å²) in [5, 5.41) is 0.586. The Labute approximate surface area is 116 Å². The van der Waals surface area contributed by atoms with E-state index in [1.54, 1.807) is 6.92 Å². The minimum atomic E-state index is 0.0680. The van der Waals surface area contributed by atoms with Gasteiger partial charge in [-0.2, -0.15) is 0 Å². The molecule has 0 unspecified atom stereocenters. The van der Waals surface area contributed by atoms with Crippen LogP contribution in [0.15, 0.2) is 24.3 Å². The van der Waals surface area contributed by atoms with Gasteiger partial charge in [0.1, 0.15) is 0 Å². The normalized spacial score (nSPS) is 10.2. The number of nitrogen functional groups attached to an aromatic ring is 1. The highest BCUT2D eigenvalue weighted by Gasteiger charge is 2.13. The molecule has 0 aliphatic heterocycles. The quantitative estimate of drug-likeness (QED) is 0.677. The molecule has 2 rings (SSSR count). The number of hydrogen-bond acceptors (Lipinski definition) is 3. The number of nitrogens with two attached hydrogens (primary N) is 1. The van der Waals surface area contributed by atoms with E-state index in [9.17, 15) is 4.79 Å². The molecule has 4 heteroatoms. The van der Waals surface area contributed by atoms with Crippen LogP contribution in [0.25, 0.3) is 4.85 Å². The second-order valence-corrected chi connectivity index (χ2v) is 5.54. The van der Waals surface area contributed by atoms with Crippen LogP contribution in [0.2, 0.25) is 0 Å². The van der Waals surface area contributed by atoms with Gasteiger partial charge in [-0.1, -0.05) is 24.3 Å². The van der Waals surface area contributed by atoms with Gasteiger partial charge in [0.05, 0.1) is 11.6 Å². The third-order valence-corrected chi connectivity index (χ3v) is 4.19. The predicted octanol–water partition coefficient (Wildman–Crippen LogP) is 3.98. The van der Waals surface area contributed by atoms with Gasteiger partial charge >= 0.3 is 0 Å². The molecule has 2 N–H and O–H groups in total. The maximum absolute atomic E-state index is 11.2. The molecular formula is C15H14N2OS. The number of anilines is 1. The van der Waals surface area contributed by atoms with E-state index < -0.39 is 0 Å². The van der Waals surface area contributed by atoms with Crippen molar-refractivity contribution >= 4 is 27.8 Å². The summed E-state index contributed by atoms with van der Waals surface area (Å²) in [6.45, 7) is 10.6. The maximum Gasteiger partial charge on any atom is 0.223 e. The number of carbonyl (C=O) groups is 1. The average Bonchev–Trinajstić information content (AvgIpc) is 2.64. The Bertz CT molecular complexity index is 663. The Morgan fingerprint density at radius 1 is 1.37 bits per heavy atom. The summed E-state index contributed by atoms with van der Waals surface area (Å²) in [5.74, 6) is 0.0680. The number of rotatable bonds is 3. The molecule has 19 heavy (non-hydrogen) atoms. The summed E-state index contributed by atoms with van der Waals surface area (Å²) in [7, 11) is 0. The molecule has 1 aromatic heterocycles. The monoisotopic (exact) mass is 270 g/mol. The SMILES string of the molecule is [C-]#[N+]c1c(N)sc(Cc2ccc(C(C)=O)cc2)c1C. The summed E-state index contributed by atoms with van der Waals surface area (Å²) in [4.78, 5) is 15.8. The van der Waals surface area contributed by atoms with E-state index in [0.717, 1.165) is 22.4 Å². The lowest BCUT2D eigenvalue weighted by molar-refractivity contribution is 0.101.